The summed E-state index contributed by atoms with van der Waals surface area (Å²) in [7, 11) is 0. The van der Waals surface area contributed by atoms with Crippen molar-refractivity contribution < 1.29 is 0 Å². The normalized spacial score (nSPS) is 16.0. The molecule has 4 nitrogen and oxygen atoms in total. The van der Waals surface area contributed by atoms with Gasteiger partial charge in [0.15, 0.2) is 0 Å². The van der Waals surface area contributed by atoms with Gasteiger partial charge in [-0.15, -0.1) is 0 Å². The molecule has 0 aromatic rings. The maximum absolute atomic E-state index is 3.99. The zero-order chi connectivity index (χ0) is 10.6. The van der Waals surface area contributed by atoms with Gasteiger partial charge in [-0.25, -0.2) is 0 Å². The Hall–Kier alpha value is -2.23. The molecular weight excluding hydrogens is 188 g/mol. The summed E-state index contributed by atoms with van der Waals surface area (Å²) >= 11 is 0. The third kappa shape index (κ3) is 6.89. The third-order valence-corrected chi connectivity index (χ3v) is 1.32. The molecule has 1 heterocycles. The van der Waals surface area contributed by atoms with E-state index >= 15 is 0 Å². The molecule has 76 valence electrons. The Labute approximate surface area is 88.9 Å². The highest BCUT2D eigenvalue weighted by atomic mass is 14.8. The average molecular weight is 200 g/mol. The molecule has 0 saturated carbocycles. The van der Waals surface area contributed by atoms with Gasteiger partial charge in [0, 0.05) is 49.6 Å². The Kier molecular flexibility index (Phi) is 6.05. The predicted molar refractivity (Wildman–Crippen MR) is 65.2 cm³/mol. The molecular formula is C11H12N4. The quantitative estimate of drug-likeness (QED) is 0.637. The Bertz CT molecular complexity index is 323. The van der Waals surface area contributed by atoms with Crippen LogP contribution < -0.4 is 5.32 Å². The summed E-state index contributed by atoms with van der Waals surface area (Å²) in [4.78, 5) is 11.9. The molecule has 0 amide bonds. The van der Waals surface area contributed by atoms with Crippen LogP contribution in [0, 0.1) is 0 Å². The Morgan fingerprint density at radius 2 is 1.33 bits per heavy atom. The van der Waals surface area contributed by atoms with E-state index in [4.69, 9.17) is 0 Å². The summed E-state index contributed by atoms with van der Waals surface area (Å²) < 4.78 is 0. The van der Waals surface area contributed by atoms with Gasteiger partial charge >= 0.3 is 0 Å². The highest BCUT2D eigenvalue weighted by Gasteiger charge is 1.68. The van der Waals surface area contributed by atoms with Crippen LogP contribution in [0.2, 0.25) is 0 Å². The van der Waals surface area contributed by atoms with E-state index in [1.54, 1.807) is 55.7 Å². The predicted octanol–water partition coefficient (Wildman–Crippen LogP) is 1.81. The summed E-state index contributed by atoms with van der Waals surface area (Å²) in [6, 6.07) is 0. The summed E-state index contributed by atoms with van der Waals surface area (Å²) in [6.45, 7) is 0. The van der Waals surface area contributed by atoms with E-state index in [9.17, 15) is 0 Å². The van der Waals surface area contributed by atoms with E-state index in [0.29, 0.717) is 0 Å². The highest BCUT2D eigenvalue weighted by molar-refractivity contribution is 6.16. The number of rotatable bonds is 0. The van der Waals surface area contributed by atoms with Gasteiger partial charge in [0.2, 0.25) is 0 Å². The number of allylic oxidation sites excluding steroid dienone is 3. The number of hydrogen-bond acceptors (Lipinski definition) is 4. The van der Waals surface area contributed by atoms with Crippen LogP contribution in [0.3, 0.4) is 0 Å². The first-order chi connectivity index (χ1) is 7.50. The Morgan fingerprint density at radius 3 is 2.27 bits per heavy atom. The van der Waals surface area contributed by atoms with E-state index in [-0.39, 0.29) is 0 Å². The van der Waals surface area contributed by atoms with E-state index in [2.05, 4.69) is 20.3 Å². The molecule has 0 atom stereocenters. The van der Waals surface area contributed by atoms with Gasteiger partial charge in [-0.1, -0.05) is 0 Å². The van der Waals surface area contributed by atoms with Crippen LogP contribution in [0.4, 0.5) is 0 Å². The van der Waals surface area contributed by atoms with Gasteiger partial charge in [-0.05, 0) is 18.2 Å². The average Bonchev–Trinajstić information content (AvgIpc) is 2.27. The fourth-order valence-corrected chi connectivity index (χ4v) is 0.716. The van der Waals surface area contributed by atoms with E-state index in [1.807, 2.05) is 12.2 Å². The van der Waals surface area contributed by atoms with Crippen molar-refractivity contribution in [3.63, 3.8) is 0 Å². The van der Waals surface area contributed by atoms with Crippen molar-refractivity contribution in [3.05, 3.63) is 49.2 Å². The monoisotopic (exact) mass is 200 g/mol. The first-order valence-corrected chi connectivity index (χ1v) is 4.46. The van der Waals surface area contributed by atoms with Crippen LogP contribution >= 0.6 is 0 Å². The van der Waals surface area contributed by atoms with Crippen molar-refractivity contribution in [2.24, 2.45) is 15.0 Å². The second-order valence-electron chi connectivity index (χ2n) is 2.42. The van der Waals surface area contributed by atoms with E-state index in [1.165, 1.54) is 0 Å². The minimum absolute atomic E-state index is 1.60. The summed E-state index contributed by atoms with van der Waals surface area (Å²) in [6.07, 6.45) is 18.7. The second-order valence-corrected chi connectivity index (χ2v) is 2.42. The molecule has 0 spiro atoms. The van der Waals surface area contributed by atoms with Gasteiger partial charge in [-0.3, -0.25) is 15.0 Å². The van der Waals surface area contributed by atoms with Crippen LogP contribution in [0.25, 0.3) is 0 Å². The fraction of sp³-hybridized carbons (Fsp3) is 0. The molecule has 0 fully saturated rings. The number of hydrogen-bond donors (Lipinski definition) is 1. The van der Waals surface area contributed by atoms with Gasteiger partial charge in [0.05, 0.1) is 0 Å². The van der Waals surface area contributed by atoms with Crippen molar-refractivity contribution in [2.75, 3.05) is 0 Å². The fourth-order valence-electron chi connectivity index (χ4n) is 0.716. The Balaban J connectivity index is 2.62. The van der Waals surface area contributed by atoms with Gasteiger partial charge in [0.1, 0.15) is 0 Å². The lowest BCUT2D eigenvalue weighted by Gasteiger charge is -1.84. The van der Waals surface area contributed by atoms with Crippen molar-refractivity contribution >= 4 is 18.6 Å². The van der Waals surface area contributed by atoms with Crippen molar-refractivity contribution in [1.82, 2.24) is 5.32 Å². The molecule has 0 aromatic carbocycles. The van der Waals surface area contributed by atoms with E-state index in [0.717, 1.165) is 0 Å². The van der Waals surface area contributed by atoms with Crippen molar-refractivity contribution in [1.29, 1.82) is 0 Å². The van der Waals surface area contributed by atoms with Crippen LogP contribution in [0.5, 0.6) is 0 Å². The lowest BCUT2D eigenvalue weighted by atomic mass is 10.5. The zero-order valence-corrected chi connectivity index (χ0v) is 8.19. The van der Waals surface area contributed by atoms with Crippen molar-refractivity contribution in [3.8, 4) is 0 Å². The molecule has 0 saturated heterocycles. The molecule has 4 heteroatoms. The molecule has 0 unspecified atom stereocenters. The summed E-state index contributed by atoms with van der Waals surface area (Å²) in [5.41, 5.74) is 0. The molecule has 0 aliphatic carbocycles. The smallest absolute Gasteiger partial charge is 0.0451 e. The molecule has 0 aromatic heterocycles. The molecule has 0 bridgehead atoms. The topological polar surface area (TPSA) is 49.1 Å². The lowest BCUT2D eigenvalue weighted by Crippen LogP contribution is -1.89. The minimum atomic E-state index is 1.60. The molecule has 1 rings (SSSR count). The first-order valence-electron chi connectivity index (χ1n) is 4.46. The van der Waals surface area contributed by atoms with Crippen LogP contribution in [-0.4, -0.2) is 18.6 Å². The van der Waals surface area contributed by atoms with Gasteiger partial charge in [0.25, 0.3) is 0 Å². The standard InChI is InChI=1S/C11H12N4/c1-2-5-13-8-10-15-11-9-14-7-3-6-12-4-1/h1-11,13H. The van der Waals surface area contributed by atoms with Crippen molar-refractivity contribution in [2.45, 2.75) is 0 Å². The van der Waals surface area contributed by atoms with E-state index < -0.39 is 0 Å². The molecule has 15 heavy (non-hydrogen) atoms. The number of nitrogens with zero attached hydrogens (tertiary/aromatic N) is 3. The zero-order valence-electron chi connectivity index (χ0n) is 8.19. The lowest BCUT2D eigenvalue weighted by molar-refractivity contribution is 1.18. The summed E-state index contributed by atoms with van der Waals surface area (Å²) in [5, 5.41) is 2.92. The molecule has 1 N–H and O–H groups in total. The highest BCUT2D eigenvalue weighted by Crippen LogP contribution is 1.79. The molecule has 1 aliphatic heterocycles. The third-order valence-electron chi connectivity index (χ3n) is 1.32. The largest absolute Gasteiger partial charge is 0.366 e. The maximum Gasteiger partial charge on any atom is 0.0451 e. The first kappa shape index (κ1) is 10.8. The van der Waals surface area contributed by atoms with Gasteiger partial charge < -0.3 is 5.32 Å². The van der Waals surface area contributed by atoms with Crippen LogP contribution in [0.15, 0.2) is 64.2 Å². The second kappa shape index (κ2) is 8.37. The van der Waals surface area contributed by atoms with Crippen LogP contribution in [-0.2, 0) is 0 Å². The van der Waals surface area contributed by atoms with Gasteiger partial charge in [-0.2, -0.15) is 0 Å². The summed E-state index contributed by atoms with van der Waals surface area (Å²) in [5.74, 6) is 0. The molecule has 1 aliphatic rings. The SMILES string of the molecule is C1=CN=CC=CN=CC=NC=CNC=C1. The number of aliphatic imine (C=N–C) groups is 3. The van der Waals surface area contributed by atoms with Crippen LogP contribution in [0.1, 0.15) is 0 Å². The molecule has 0 radical (unpaired) electrons. The minimum Gasteiger partial charge on any atom is -0.366 e. The number of nitrogens with one attached hydrogen (secondary N) is 1. The maximum atomic E-state index is 3.99. The Morgan fingerprint density at radius 1 is 0.600 bits per heavy atom.